The van der Waals surface area contributed by atoms with Crippen LogP contribution in [0.3, 0.4) is 0 Å². The van der Waals surface area contributed by atoms with Crippen LogP contribution in [0.25, 0.3) is 0 Å². The van der Waals surface area contributed by atoms with Crippen molar-refractivity contribution in [3.05, 3.63) is 0 Å². The monoisotopic (exact) mass is 104 g/mol. The zero-order chi connectivity index (χ0) is 4.28. The molecule has 0 fully saturated rings. The van der Waals surface area contributed by atoms with Gasteiger partial charge < -0.3 is 4.79 Å². The minimum Gasteiger partial charge on any atom is -0.301 e. The third-order valence-electron chi connectivity index (χ3n) is 0.166. The van der Waals surface area contributed by atoms with Gasteiger partial charge in [-0.3, -0.25) is 0 Å². The molecule has 0 aliphatic rings. The smallest absolute Gasteiger partial charge is 0.132 e. The Morgan fingerprint density at radius 3 is 2.20 bits per heavy atom. The first-order chi connectivity index (χ1) is 2.27. The predicted molar refractivity (Wildman–Crippen MR) is 28.6 cm³/mol. The molecule has 0 N–H and O–H groups in total. The molecule has 0 spiro atoms. The average Bonchev–Trinajstić information content (AvgIpc) is 1.38. The standard InChI is InChI=1S/C2H4OSSi/c3-2(5)1-4/h1H,5H3. The van der Waals surface area contributed by atoms with E-state index in [0.29, 0.717) is 10.2 Å². The second kappa shape index (κ2) is 2.23. The van der Waals surface area contributed by atoms with E-state index in [1.165, 1.54) is 5.37 Å². The molecule has 0 aliphatic carbocycles. The molecule has 0 aromatic rings. The molecule has 1 nitrogen and oxygen atoms in total. The average molecular weight is 104 g/mol. The van der Waals surface area contributed by atoms with Gasteiger partial charge >= 0.3 is 0 Å². The lowest BCUT2D eigenvalue weighted by Crippen LogP contribution is -1.91. The fourth-order valence-electron chi connectivity index (χ4n) is 0. The highest BCUT2D eigenvalue weighted by molar-refractivity contribution is 7.80. The van der Waals surface area contributed by atoms with Gasteiger partial charge in [0, 0.05) is 5.37 Å². The van der Waals surface area contributed by atoms with Gasteiger partial charge in [0.15, 0.2) is 0 Å². The number of thiocarbonyl (C=S) groups is 1. The van der Waals surface area contributed by atoms with E-state index in [1.54, 1.807) is 0 Å². The van der Waals surface area contributed by atoms with E-state index in [0.717, 1.165) is 0 Å². The fraction of sp³-hybridized carbons (Fsp3) is 0. The molecule has 0 saturated carbocycles. The van der Waals surface area contributed by atoms with Gasteiger partial charge in [-0.15, -0.1) is 0 Å². The highest BCUT2D eigenvalue weighted by Gasteiger charge is 1.71. The van der Waals surface area contributed by atoms with Crippen molar-refractivity contribution in [1.29, 1.82) is 0 Å². The topological polar surface area (TPSA) is 17.1 Å². The number of carbonyl (C=O) groups excluding carboxylic acids is 1. The number of rotatable bonds is 1. The van der Waals surface area contributed by atoms with E-state index >= 15 is 0 Å². The molecule has 0 aromatic heterocycles. The molecule has 0 rings (SSSR count). The molecule has 5 heavy (non-hydrogen) atoms. The Balaban J connectivity index is 3.20. The Bertz CT molecular complexity index is 60.7. The largest absolute Gasteiger partial charge is 0.301 e. The quantitative estimate of drug-likeness (QED) is 0.309. The van der Waals surface area contributed by atoms with Crippen molar-refractivity contribution in [3.63, 3.8) is 0 Å². The highest BCUT2D eigenvalue weighted by Crippen LogP contribution is 1.46. The third kappa shape index (κ3) is 3.98. The van der Waals surface area contributed by atoms with Crippen LogP contribution in [0.15, 0.2) is 0 Å². The van der Waals surface area contributed by atoms with Crippen LogP contribution in [0.1, 0.15) is 0 Å². The molecule has 0 atom stereocenters. The summed E-state index contributed by atoms with van der Waals surface area (Å²) >= 11 is 4.24. The highest BCUT2D eigenvalue weighted by atomic mass is 32.1. The first kappa shape index (κ1) is 4.98. The molecule has 0 bridgehead atoms. The lowest BCUT2D eigenvalue weighted by atomic mass is 10.9. The van der Waals surface area contributed by atoms with Gasteiger partial charge in [-0.05, 0) is 0 Å². The fourth-order valence-corrected chi connectivity index (χ4v) is 0. The molecule has 0 radical (unpaired) electrons. The lowest BCUT2D eigenvalue weighted by Gasteiger charge is -1.60. The van der Waals surface area contributed by atoms with Crippen LogP contribution in [-0.2, 0) is 4.79 Å². The molecule has 3 heteroatoms. The van der Waals surface area contributed by atoms with E-state index in [-0.39, 0.29) is 5.41 Å². The number of hydrogen-bond acceptors (Lipinski definition) is 2. The summed E-state index contributed by atoms with van der Waals surface area (Å²) in [4.78, 5) is 9.71. The maximum atomic E-state index is 9.71. The second-order valence-electron chi connectivity index (χ2n) is 0.729. The Morgan fingerprint density at radius 2 is 2.20 bits per heavy atom. The second-order valence-corrected chi connectivity index (χ2v) is 1.95. The van der Waals surface area contributed by atoms with Crippen molar-refractivity contribution in [3.8, 4) is 0 Å². The van der Waals surface area contributed by atoms with Gasteiger partial charge in [-0.25, -0.2) is 0 Å². The molecule has 28 valence electrons. The Morgan fingerprint density at radius 1 is 2.00 bits per heavy atom. The van der Waals surface area contributed by atoms with Crippen LogP contribution in [-0.4, -0.2) is 21.0 Å². The first-order valence-electron chi connectivity index (χ1n) is 1.23. The first-order valence-corrected chi connectivity index (χ1v) is 2.70. The molecular weight excluding hydrogens is 100 g/mol. The summed E-state index contributed by atoms with van der Waals surface area (Å²) in [6, 6.07) is 0. The van der Waals surface area contributed by atoms with Crippen LogP contribution >= 0.6 is 12.2 Å². The molecule has 0 heterocycles. The minimum atomic E-state index is 0.0833. The maximum Gasteiger partial charge on any atom is 0.132 e. The van der Waals surface area contributed by atoms with Gasteiger partial charge in [0.25, 0.3) is 0 Å². The van der Waals surface area contributed by atoms with E-state index in [9.17, 15) is 4.79 Å². The normalized spacial score (nSPS) is 7.20. The lowest BCUT2D eigenvalue weighted by molar-refractivity contribution is -0.105. The third-order valence-corrected chi connectivity index (χ3v) is 1.20. The molecule has 0 aliphatic heterocycles. The summed E-state index contributed by atoms with van der Waals surface area (Å²) in [5.74, 6) is 0. The van der Waals surface area contributed by atoms with E-state index in [2.05, 4.69) is 12.2 Å². The van der Waals surface area contributed by atoms with Crippen molar-refractivity contribution in [1.82, 2.24) is 0 Å². The summed E-state index contributed by atoms with van der Waals surface area (Å²) in [7, 11) is 0.571. The minimum absolute atomic E-state index is 0.0833. The number of carbonyl (C=O) groups is 1. The number of hydrogen-bond donors (Lipinski definition) is 0. The van der Waals surface area contributed by atoms with Crippen molar-refractivity contribution in [2.75, 3.05) is 0 Å². The Labute approximate surface area is 38.8 Å². The van der Waals surface area contributed by atoms with Gasteiger partial charge in [-0.2, -0.15) is 0 Å². The van der Waals surface area contributed by atoms with Gasteiger partial charge in [0.2, 0.25) is 0 Å². The van der Waals surface area contributed by atoms with Gasteiger partial charge in [0.05, 0.1) is 10.2 Å². The zero-order valence-electron chi connectivity index (χ0n) is 2.89. The van der Waals surface area contributed by atoms with Crippen molar-refractivity contribution >= 4 is 33.2 Å². The van der Waals surface area contributed by atoms with Crippen LogP contribution in [0, 0.1) is 0 Å². The SMILES string of the molecule is O=C([SiH3])C=S. The van der Waals surface area contributed by atoms with Crippen LogP contribution in [0.5, 0.6) is 0 Å². The van der Waals surface area contributed by atoms with Crippen molar-refractivity contribution in [2.24, 2.45) is 0 Å². The predicted octanol–water partition coefficient (Wildman–Crippen LogP) is -1.12. The molecule has 0 aromatic carbocycles. The van der Waals surface area contributed by atoms with E-state index in [4.69, 9.17) is 0 Å². The molecular formula is C2H4OSSi. The zero-order valence-corrected chi connectivity index (χ0v) is 5.71. The summed E-state index contributed by atoms with van der Waals surface area (Å²) < 4.78 is 0. The Hall–Kier alpha value is -0.0231. The van der Waals surface area contributed by atoms with Crippen molar-refractivity contribution < 1.29 is 4.79 Å². The Kier molecular flexibility index (Phi) is 2.22. The summed E-state index contributed by atoms with van der Waals surface area (Å²) in [6.07, 6.45) is 0. The molecule has 0 amide bonds. The summed E-state index contributed by atoms with van der Waals surface area (Å²) in [6.45, 7) is 0. The van der Waals surface area contributed by atoms with E-state index < -0.39 is 0 Å². The summed E-state index contributed by atoms with van der Waals surface area (Å²) in [5, 5.41) is 1.26. The van der Waals surface area contributed by atoms with Crippen LogP contribution in [0.2, 0.25) is 0 Å². The molecule has 0 unspecified atom stereocenters. The van der Waals surface area contributed by atoms with Crippen LogP contribution in [0.4, 0.5) is 0 Å². The summed E-state index contributed by atoms with van der Waals surface area (Å²) in [5.41, 5.74) is 0. The van der Waals surface area contributed by atoms with Gasteiger partial charge in [-0.1, -0.05) is 12.2 Å². The van der Waals surface area contributed by atoms with E-state index in [1.807, 2.05) is 0 Å². The maximum absolute atomic E-state index is 9.71. The van der Waals surface area contributed by atoms with Crippen molar-refractivity contribution in [2.45, 2.75) is 0 Å². The van der Waals surface area contributed by atoms with Gasteiger partial charge in [0.1, 0.15) is 5.41 Å². The molecule has 0 saturated heterocycles. The van der Waals surface area contributed by atoms with Crippen LogP contribution < -0.4 is 0 Å².